The summed E-state index contributed by atoms with van der Waals surface area (Å²) in [5, 5.41) is 0.815. The largest absolute Gasteiger partial charge is 0.127 e. The summed E-state index contributed by atoms with van der Waals surface area (Å²) >= 11 is 1.99. The van der Waals surface area contributed by atoms with Crippen LogP contribution in [0.4, 0.5) is 0 Å². The summed E-state index contributed by atoms with van der Waals surface area (Å²) in [6.07, 6.45) is 2.34. The van der Waals surface area contributed by atoms with Crippen LogP contribution >= 0.6 is 11.8 Å². The van der Waals surface area contributed by atoms with Crippen LogP contribution in [-0.2, 0) is 0 Å². The van der Waals surface area contributed by atoms with Crippen LogP contribution in [0.5, 0.6) is 0 Å². The standard InChI is InChI=1S/C7H12S.C2H6/c1-5-4-6(2)8-7(5)3;1-2/h4-5,7H,1-3H3;1-2H3. The number of thioether (sulfide) groups is 1. The van der Waals surface area contributed by atoms with Crippen molar-refractivity contribution in [1.82, 2.24) is 0 Å². The molecule has 0 aliphatic carbocycles. The minimum atomic E-state index is 0.792. The van der Waals surface area contributed by atoms with Crippen molar-refractivity contribution in [3.05, 3.63) is 11.0 Å². The Morgan fingerprint density at radius 2 is 1.80 bits per heavy atom. The van der Waals surface area contributed by atoms with Crippen molar-refractivity contribution in [2.75, 3.05) is 0 Å². The lowest BCUT2D eigenvalue weighted by atomic mass is 10.1. The molecule has 60 valence electrons. The van der Waals surface area contributed by atoms with E-state index in [0.29, 0.717) is 0 Å². The predicted molar refractivity (Wildman–Crippen MR) is 51.3 cm³/mol. The molecule has 10 heavy (non-hydrogen) atoms. The van der Waals surface area contributed by atoms with Crippen LogP contribution in [0.3, 0.4) is 0 Å². The summed E-state index contributed by atoms with van der Waals surface area (Å²) in [6.45, 7) is 10.7. The van der Waals surface area contributed by atoms with Gasteiger partial charge in [-0.25, -0.2) is 0 Å². The van der Waals surface area contributed by atoms with Crippen molar-refractivity contribution in [1.29, 1.82) is 0 Å². The van der Waals surface area contributed by atoms with Crippen LogP contribution in [0.15, 0.2) is 11.0 Å². The number of hydrogen-bond acceptors (Lipinski definition) is 1. The first kappa shape index (κ1) is 10.1. The lowest BCUT2D eigenvalue weighted by molar-refractivity contribution is 0.729. The first-order valence-corrected chi connectivity index (χ1v) is 4.93. The third-order valence-electron chi connectivity index (χ3n) is 1.61. The summed E-state index contributed by atoms with van der Waals surface area (Å²) in [5.41, 5.74) is 0. The van der Waals surface area contributed by atoms with Crippen LogP contribution in [-0.4, -0.2) is 5.25 Å². The molecule has 0 aromatic rings. The van der Waals surface area contributed by atoms with Gasteiger partial charge in [0.05, 0.1) is 0 Å². The Bertz CT molecular complexity index is 116. The molecule has 0 radical (unpaired) electrons. The Kier molecular flexibility index (Phi) is 4.88. The molecule has 1 heteroatoms. The number of hydrogen-bond donors (Lipinski definition) is 0. The van der Waals surface area contributed by atoms with E-state index in [1.165, 1.54) is 4.91 Å². The quantitative estimate of drug-likeness (QED) is 0.518. The zero-order valence-corrected chi connectivity index (χ0v) is 8.46. The van der Waals surface area contributed by atoms with Gasteiger partial charge in [0, 0.05) is 5.25 Å². The van der Waals surface area contributed by atoms with Gasteiger partial charge in [-0.05, 0) is 17.7 Å². The van der Waals surface area contributed by atoms with Gasteiger partial charge in [-0.1, -0.05) is 33.8 Å². The van der Waals surface area contributed by atoms with E-state index in [1.807, 2.05) is 25.6 Å². The zero-order chi connectivity index (χ0) is 8.15. The summed E-state index contributed by atoms with van der Waals surface area (Å²) in [5.74, 6) is 0.792. The molecule has 0 saturated heterocycles. The number of rotatable bonds is 0. The molecule has 0 aromatic carbocycles. The highest BCUT2D eigenvalue weighted by molar-refractivity contribution is 8.03. The minimum Gasteiger partial charge on any atom is -0.127 e. The van der Waals surface area contributed by atoms with Gasteiger partial charge in [0.2, 0.25) is 0 Å². The van der Waals surface area contributed by atoms with Crippen molar-refractivity contribution < 1.29 is 0 Å². The predicted octanol–water partition coefficient (Wildman–Crippen LogP) is 3.69. The highest BCUT2D eigenvalue weighted by Gasteiger charge is 2.16. The van der Waals surface area contributed by atoms with Crippen molar-refractivity contribution >= 4 is 11.8 Å². The normalized spacial score (nSPS) is 30.7. The van der Waals surface area contributed by atoms with Gasteiger partial charge in [-0.3, -0.25) is 0 Å². The van der Waals surface area contributed by atoms with Crippen molar-refractivity contribution in [3.63, 3.8) is 0 Å². The van der Waals surface area contributed by atoms with E-state index in [0.717, 1.165) is 11.2 Å². The SMILES string of the molecule is CC.CC1=CC(C)C(C)S1. The van der Waals surface area contributed by atoms with E-state index in [4.69, 9.17) is 0 Å². The molecule has 0 nitrogen and oxygen atoms in total. The Morgan fingerprint density at radius 1 is 1.30 bits per heavy atom. The molecule has 1 rings (SSSR count). The monoisotopic (exact) mass is 158 g/mol. The second-order valence-corrected chi connectivity index (χ2v) is 4.08. The molecule has 0 spiro atoms. The van der Waals surface area contributed by atoms with E-state index in [2.05, 4.69) is 26.8 Å². The Balaban J connectivity index is 0.000000371. The number of allylic oxidation sites excluding steroid dienone is 2. The molecule has 0 fully saturated rings. The van der Waals surface area contributed by atoms with Gasteiger partial charge in [0.1, 0.15) is 0 Å². The summed E-state index contributed by atoms with van der Waals surface area (Å²) in [4.78, 5) is 1.49. The smallest absolute Gasteiger partial charge is 0.0123 e. The van der Waals surface area contributed by atoms with Crippen LogP contribution in [0.2, 0.25) is 0 Å². The molecule has 0 N–H and O–H groups in total. The molecular weight excluding hydrogens is 140 g/mol. The van der Waals surface area contributed by atoms with E-state index in [9.17, 15) is 0 Å². The molecule has 0 aromatic heterocycles. The lowest BCUT2D eigenvalue weighted by Gasteiger charge is -2.04. The second kappa shape index (κ2) is 4.84. The maximum absolute atomic E-state index is 2.34. The van der Waals surface area contributed by atoms with Gasteiger partial charge in [-0.15, -0.1) is 11.8 Å². The van der Waals surface area contributed by atoms with Crippen LogP contribution in [0.25, 0.3) is 0 Å². The molecule has 1 aliphatic heterocycles. The molecule has 1 heterocycles. The van der Waals surface area contributed by atoms with Gasteiger partial charge in [-0.2, -0.15) is 0 Å². The topological polar surface area (TPSA) is 0 Å². The fraction of sp³-hybridized carbons (Fsp3) is 0.778. The highest BCUT2D eigenvalue weighted by Crippen LogP contribution is 2.34. The van der Waals surface area contributed by atoms with Crippen molar-refractivity contribution in [3.8, 4) is 0 Å². The average molecular weight is 158 g/mol. The zero-order valence-electron chi connectivity index (χ0n) is 7.64. The maximum atomic E-state index is 2.34. The highest BCUT2D eigenvalue weighted by atomic mass is 32.2. The van der Waals surface area contributed by atoms with Gasteiger partial charge >= 0.3 is 0 Å². The Morgan fingerprint density at radius 3 is 1.90 bits per heavy atom. The minimum absolute atomic E-state index is 0.792. The van der Waals surface area contributed by atoms with Gasteiger partial charge in [0.15, 0.2) is 0 Å². The summed E-state index contributed by atoms with van der Waals surface area (Å²) in [7, 11) is 0. The van der Waals surface area contributed by atoms with Crippen molar-refractivity contribution in [2.24, 2.45) is 5.92 Å². The molecule has 2 atom stereocenters. The maximum Gasteiger partial charge on any atom is 0.0123 e. The molecule has 2 unspecified atom stereocenters. The van der Waals surface area contributed by atoms with Crippen LogP contribution in [0, 0.1) is 5.92 Å². The summed E-state index contributed by atoms with van der Waals surface area (Å²) in [6, 6.07) is 0. The van der Waals surface area contributed by atoms with Gasteiger partial charge < -0.3 is 0 Å². The van der Waals surface area contributed by atoms with Crippen LogP contribution < -0.4 is 0 Å². The Hall–Kier alpha value is 0.0900. The first-order valence-electron chi connectivity index (χ1n) is 4.05. The molecule has 0 bridgehead atoms. The van der Waals surface area contributed by atoms with E-state index in [1.54, 1.807) is 0 Å². The third kappa shape index (κ3) is 2.78. The van der Waals surface area contributed by atoms with Crippen LogP contribution in [0.1, 0.15) is 34.6 Å². The fourth-order valence-corrected chi connectivity index (χ4v) is 2.12. The molecule has 1 aliphatic rings. The lowest BCUT2D eigenvalue weighted by Crippen LogP contribution is -1.99. The molecular formula is C9H18S. The van der Waals surface area contributed by atoms with E-state index in [-0.39, 0.29) is 0 Å². The Labute approximate surface area is 69.1 Å². The van der Waals surface area contributed by atoms with Gasteiger partial charge in [0.25, 0.3) is 0 Å². The molecule has 0 amide bonds. The fourth-order valence-electron chi connectivity index (χ4n) is 0.946. The molecule has 0 saturated carbocycles. The summed E-state index contributed by atoms with van der Waals surface area (Å²) < 4.78 is 0. The van der Waals surface area contributed by atoms with E-state index < -0.39 is 0 Å². The average Bonchev–Trinajstić information content (AvgIpc) is 2.16. The van der Waals surface area contributed by atoms with Crippen molar-refractivity contribution in [2.45, 2.75) is 39.9 Å². The third-order valence-corrected chi connectivity index (χ3v) is 2.92. The second-order valence-electron chi connectivity index (χ2n) is 2.46. The van der Waals surface area contributed by atoms with E-state index >= 15 is 0 Å². The first-order chi connectivity index (χ1) is 4.70.